The van der Waals surface area contributed by atoms with Crippen LogP contribution in [-0.4, -0.2) is 71.8 Å². The van der Waals surface area contributed by atoms with Gasteiger partial charge in [-0.15, -0.1) is 0 Å². The van der Waals surface area contributed by atoms with Gasteiger partial charge in [0, 0.05) is 51.0 Å². The molecular weight excluding hydrogens is 419 g/mol. The zero-order chi connectivity index (χ0) is 22.7. The van der Waals surface area contributed by atoms with Crippen LogP contribution in [0.4, 0.5) is 10.3 Å². The second-order valence-electron chi connectivity index (χ2n) is 7.57. The summed E-state index contributed by atoms with van der Waals surface area (Å²) in [4.78, 5) is 29.4. The monoisotopic (exact) mass is 442 g/mol. The minimum Gasteiger partial charge on any atom is -0.490 e. The molecule has 4 rings (SSSR count). The van der Waals surface area contributed by atoms with E-state index in [0.717, 1.165) is 6.20 Å². The molecule has 2 aromatic rings. The molecule has 2 aromatic heterocycles. The van der Waals surface area contributed by atoms with Gasteiger partial charge in [-0.2, -0.15) is 14.6 Å². The molecule has 168 valence electrons. The molecule has 0 radical (unpaired) electrons. The Balaban J connectivity index is 1.50. The first-order valence-electron chi connectivity index (χ1n) is 10.2. The van der Waals surface area contributed by atoms with Gasteiger partial charge in [-0.25, -0.2) is 4.98 Å². The van der Waals surface area contributed by atoms with E-state index in [1.165, 1.54) is 20.4 Å². The molecule has 0 aliphatic carbocycles. The van der Waals surface area contributed by atoms with Crippen molar-refractivity contribution in [1.82, 2.24) is 19.9 Å². The molecule has 2 aliphatic heterocycles. The highest BCUT2D eigenvalue weighted by Crippen LogP contribution is 2.33. The maximum absolute atomic E-state index is 13.6. The molecule has 0 unspecified atom stereocenters. The summed E-state index contributed by atoms with van der Waals surface area (Å²) in [5, 5.41) is 9.30. The average Bonchev–Trinajstić information content (AvgIpc) is 3.06. The number of carbonyl (C=O) groups excluding carboxylic acids is 1. The lowest BCUT2D eigenvalue weighted by Gasteiger charge is -2.41. The van der Waals surface area contributed by atoms with E-state index in [9.17, 15) is 14.4 Å². The van der Waals surface area contributed by atoms with Crippen LogP contribution in [0.1, 0.15) is 24.0 Å². The Hall–Kier alpha value is -3.52. The van der Waals surface area contributed by atoms with Gasteiger partial charge in [0.2, 0.25) is 11.8 Å². The number of hydrogen-bond donors (Lipinski definition) is 0. The number of nitriles is 1. The van der Waals surface area contributed by atoms with Gasteiger partial charge >= 0.3 is 0 Å². The molecule has 0 N–H and O–H groups in total. The Bertz CT molecular complexity index is 1050. The SMILES string of the molecule is COc1nc(N2CCC(OC)(C(=O)N3CCOc4c(C#N)cncc4C3)CC2)ncc1F. The third-order valence-electron chi connectivity index (χ3n) is 5.87. The predicted octanol–water partition coefficient (Wildman–Crippen LogP) is 1.30. The number of methoxy groups -OCH3 is 2. The van der Waals surface area contributed by atoms with E-state index < -0.39 is 11.4 Å². The zero-order valence-corrected chi connectivity index (χ0v) is 17.9. The molecule has 0 bridgehead atoms. The minimum atomic E-state index is -1.01. The highest BCUT2D eigenvalue weighted by atomic mass is 19.1. The first-order valence-corrected chi connectivity index (χ1v) is 10.2. The highest BCUT2D eigenvalue weighted by Gasteiger charge is 2.45. The quantitative estimate of drug-likeness (QED) is 0.691. The molecule has 32 heavy (non-hydrogen) atoms. The van der Waals surface area contributed by atoms with Crippen LogP contribution in [0.15, 0.2) is 18.6 Å². The summed E-state index contributed by atoms with van der Waals surface area (Å²) in [5.74, 6) is -0.0826. The zero-order valence-electron chi connectivity index (χ0n) is 17.9. The Morgan fingerprint density at radius 3 is 2.72 bits per heavy atom. The summed E-state index contributed by atoms with van der Waals surface area (Å²) >= 11 is 0. The number of carbonyl (C=O) groups is 1. The lowest BCUT2D eigenvalue weighted by molar-refractivity contribution is -0.158. The number of fused-ring (bicyclic) bond motifs is 1. The topological polar surface area (TPSA) is 114 Å². The van der Waals surface area contributed by atoms with E-state index >= 15 is 0 Å². The van der Waals surface area contributed by atoms with Gasteiger partial charge in [0.05, 0.1) is 26.4 Å². The first kappa shape index (κ1) is 21.7. The smallest absolute Gasteiger partial charge is 0.255 e. The standard InChI is InChI=1S/C21H23FN6O4/c1-30-18-16(22)12-25-20(26-18)27-5-3-21(31-2,4-6-27)19(29)28-7-8-32-17-14(9-23)10-24-11-15(17)13-28/h10-12H,3-8,13H2,1-2H3. The van der Waals surface area contributed by atoms with Crippen LogP contribution in [0.5, 0.6) is 11.6 Å². The third kappa shape index (κ3) is 3.89. The van der Waals surface area contributed by atoms with E-state index in [4.69, 9.17) is 14.2 Å². The molecule has 11 heteroatoms. The number of anilines is 1. The van der Waals surface area contributed by atoms with Crippen LogP contribution in [-0.2, 0) is 16.1 Å². The minimum absolute atomic E-state index is 0.122. The number of nitrogens with zero attached hydrogens (tertiary/aromatic N) is 6. The molecule has 1 fully saturated rings. The Kier molecular flexibility index (Phi) is 6.05. The average molecular weight is 442 g/mol. The van der Waals surface area contributed by atoms with Gasteiger partial charge < -0.3 is 24.0 Å². The van der Waals surface area contributed by atoms with E-state index in [0.29, 0.717) is 55.3 Å². The molecule has 1 amide bonds. The second-order valence-corrected chi connectivity index (χ2v) is 7.57. The number of rotatable bonds is 4. The van der Waals surface area contributed by atoms with E-state index in [1.807, 2.05) is 4.90 Å². The number of piperidine rings is 1. The van der Waals surface area contributed by atoms with Crippen molar-refractivity contribution in [3.63, 3.8) is 0 Å². The van der Waals surface area contributed by atoms with E-state index in [1.54, 1.807) is 11.1 Å². The molecule has 10 nitrogen and oxygen atoms in total. The van der Waals surface area contributed by atoms with E-state index in [-0.39, 0.29) is 24.9 Å². The fourth-order valence-electron chi connectivity index (χ4n) is 4.07. The van der Waals surface area contributed by atoms with Gasteiger partial charge in [0.15, 0.2) is 0 Å². The third-order valence-corrected chi connectivity index (χ3v) is 5.87. The molecule has 0 aromatic carbocycles. The second kappa shape index (κ2) is 8.92. The molecular formula is C21H23FN6O4. The Morgan fingerprint density at radius 2 is 2.03 bits per heavy atom. The van der Waals surface area contributed by atoms with Gasteiger partial charge in [-0.05, 0) is 0 Å². The normalized spacial score (nSPS) is 17.6. The molecule has 4 heterocycles. The lowest BCUT2D eigenvalue weighted by atomic mass is 9.89. The summed E-state index contributed by atoms with van der Waals surface area (Å²) in [7, 11) is 2.88. The Morgan fingerprint density at radius 1 is 1.25 bits per heavy atom. The van der Waals surface area contributed by atoms with Crippen molar-refractivity contribution in [2.75, 3.05) is 45.4 Å². The van der Waals surface area contributed by atoms with Gasteiger partial charge in [-0.3, -0.25) is 9.78 Å². The largest absolute Gasteiger partial charge is 0.490 e. The first-order chi connectivity index (χ1) is 15.5. The number of pyridine rings is 1. The molecule has 1 saturated heterocycles. The number of amides is 1. The number of halogens is 1. The number of aromatic nitrogens is 3. The van der Waals surface area contributed by atoms with Gasteiger partial charge in [0.1, 0.15) is 29.6 Å². The maximum atomic E-state index is 13.6. The molecule has 0 saturated carbocycles. The van der Waals surface area contributed by atoms with Gasteiger partial charge in [0.25, 0.3) is 11.8 Å². The summed E-state index contributed by atoms with van der Waals surface area (Å²) in [5.41, 5.74) is 0.0254. The number of hydrogen-bond acceptors (Lipinski definition) is 9. The summed E-state index contributed by atoms with van der Waals surface area (Å²) in [6, 6.07) is 2.08. The summed E-state index contributed by atoms with van der Waals surface area (Å²) in [6.07, 6.45) is 4.96. The fraction of sp³-hybridized carbons (Fsp3) is 0.476. The molecule has 2 aliphatic rings. The highest BCUT2D eigenvalue weighted by molar-refractivity contribution is 5.86. The predicted molar refractivity (Wildman–Crippen MR) is 110 cm³/mol. The summed E-state index contributed by atoms with van der Waals surface area (Å²) < 4.78 is 30.1. The van der Waals surface area contributed by atoms with E-state index in [2.05, 4.69) is 21.0 Å². The summed E-state index contributed by atoms with van der Waals surface area (Å²) in [6.45, 7) is 1.83. The van der Waals surface area contributed by atoms with Crippen LogP contribution in [0.25, 0.3) is 0 Å². The molecule has 0 spiro atoms. The van der Waals surface area contributed by atoms with Gasteiger partial charge in [-0.1, -0.05) is 0 Å². The van der Waals surface area contributed by atoms with Crippen LogP contribution in [0, 0.1) is 17.1 Å². The van der Waals surface area contributed by atoms with Crippen LogP contribution < -0.4 is 14.4 Å². The van der Waals surface area contributed by atoms with Crippen molar-refractivity contribution in [2.45, 2.75) is 25.0 Å². The van der Waals surface area contributed by atoms with Crippen molar-refractivity contribution in [3.8, 4) is 17.7 Å². The number of ether oxygens (including phenoxy) is 3. The lowest BCUT2D eigenvalue weighted by Crippen LogP contribution is -2.56. The van der Waals surface area contributed by atoms with Crippen molar-refractivity contribution >= 4 is 11.9 Å². The van der Waals surface area contributed by atoms with Crippen molar-refractivity contribution < 1.29 is 23.4 Å². The van der Waals surface area contributed by atoms with Crippen LogP contribution in [0.2, 0.25) is 0 Å². The fourth-order valence-corrected chi connectivity index (χ4v) is 4.07. The molecule has 0 atom stereocenters. The van der Waals surface area contributed by atoms with Crippen molar-refractivity contribution in [2.24, 2.45) is 0 Å². The van der Waals surface area contributed by atoms with Crippen LogP contribution >= 0.6 is 0 Å². The van der Waals surface area contributed by atoms with Crippen molar-refractivity contribution in [3.05, 3.63) is 35.5 Å². The Labute approximate surface area is 184 Å². The maximum Gasteiger partial charge on any atom is 0.255 e. The van der Waals surface area contributed by atoms with Crippen molar-refractivity contribution in [1.29, 1.82) is 5.26 Å². The van der Waals surface area contributed by atoms with Crippen LogP contribution in [0.3, 0.4) is 0 Å².